The minimum Gasteiger partial charge on any atom is -0.384 e. The van der Waals surface area contributed by atoms with Crippen molar-refractivity contribution in [1.29, 1.82) is 0 Å². The van der Waals surface area contributed by atoms with Crippen LogP contribution < -0.4 is 5.32 Å². The van der Waals surface area contributed by atoms with Gasteiger partial charge in [0.2, 0.25) is 5.91 Å². The molecule has 1 aromatic carbocycles. The third kappa shape index (κ3) is 2.80. The topological polar surface area (TPSA) is 76.2 Å². The molecule has 1 saturated heterocycles. The minimum atomic E-state index is 0.0758. The molecule has 4 rings (SSSR count). The summed E-state index contributed by atoms with van der Waals surface area (Å²) in [7, 11) is 1.70. The van der Waals surface area contributed by atoms with E-state index >= 15 is 0 Å². The summed E-state index contributed by atoms with van der Waals surface area (Å²) in [5.74, 6) is 1.65. The largest absolute Gasteiger partial charge is 0.384 e. The molecule has 1 amide bonds. The quantitative estimate of drug-likeness (QED) is 0.845. The van der Waals surface area contributed by atoms with Gasteiger partial charge in [-0.15, -0.1) is 0 Å². The lowest BCUT2D eigenvalue weighted by Crippen LogP contribution is -2.62. The molecule has 2 fully saturated rings. The van der Waals surface area contributed by atoms with E-state index in [-0.39, 0.29) is 24.0 Å². The van der Waals surface area contributed by atoms with Crippen LogP contribution in [0.15, 0.2) is 24.3 Å². The second kappa shape index (κ2) is 6.53. The first kappa shape index (κ1) is 15.6. The van der Waals surface area contributed by atoms with Gasteiger partial charge in [0.25, 0.3) is 0 Å². The van der Waals surface area contributed by atoms with Crippen LogP contribution in [0.2, 0.25) is 0 Å². The van der Waals surface area contributed by atoms with Crippen LogP contribution in [0, 0.1) is 11.8 Å². The predicted molar refractivity (Wildman–Crippen MR) is 89.6 cm³/mol. The molecule has 1 aliphatic heterocycles. The number of imidazole rings is 1. The molecule has 2 N–H and O–H groups in total. The fraction of sp³-hybridized carbons (Fsp3) is 0.556. The standard InChI is InChI=1S/C18H23N3O3/c1-23-10-12-17(11-8-9-24-18(11)12)21-16(22)7-6-15-19-13-4-2-3-5-14(13)20-15/h2-5,11-12,17-18H,6-10H2,1H3,(H,19,20)(H,21,22)/t11-,12-,17-,18-/m0/s1. The Morgan fingerprint density at radius 3 is 3.17 bits per heavy atom. The van der Waals surface area contributed by atoms with Gasteiger partial charge in [-0.1, -0.05) is 12.1 Å². The van der Waals surface area contributed by atoms with Crippen molar-refractivity contribution in [2.24, 2.45) is 11.8 Å². The Kier molecular flexibility index (Phi) is 4.24. The van der Waals surface area contributed by atoms with Crippen molar-refractivity contribution in [3.63, 3.8) is 0 Å². The average molecular weight is 329 g/mol. The first-order valence-corrected chi connectivity index (χ1v) is 8.60. The first-order valence-electron chi connectivity index (χ1n) is 8.60. The van der Waals surface area contributed by atoms with E-state index in [1.165, 1.54) is 0 Å². The van der Waals surface area contributed by atoms with Crippen LogP contribution in [0.25, 0.3) is 11.0 Å². The highest BCUT2D eigenvalue weighted by Crippen LogP contribution is 2.43. The second-order valence-corrected chi connectivity index (χ2v) is 6.70. The number of methoxy groups -OCH3 is 1. The molecular formula is C18H23N3O3. The van der Waals surface area contributed by atoms with Gasteiger partial charge in [0.1, 0.15) is 5.82 Å². The van der Waals surface area contributed by atoms with Crippen molar-refractivity contribution < 1.29 is 14.3 Å². The maximum atomic E-state index is 12.3. The van der Waals surface area contributed by atoms with Crippen LogP contribution in [0.5, 0.6) is 0 Å². The third-order valence-corrected chi connectivity index (χ3v) is 5.24. The number of H-pyrrole nitrogens is 1. The highest BCUT2D eigenvalue weighted by Gasteiger charge is 2.54. The van der Waals surface area contributed by atoms with Gasteiger partial charge < -0.3 is 19.8 Å². The molecule has 24 heavy (non-hydrogen) atoms. The van der Waals surface area contributed by atoms with E-state index in [2.05, 4.69) is 15.3 Å². The number of ether oxygens (including phenoxy) is 2. The molecule has 2 aliphatic rings. The fourth-order valence-corrected chi connectivity index (χ4v) is 4.05. The highest BCUT2D eigenvalue weighted by molar-refractivity contribution is 5.77. The summed E-state index contributed by atoms with van der Waals surface area (Å²) in [6.45, 7) is 1.43. The van der Waals surface area contributed by atoms with Crippen molar-refractivity contribution in [2.75, 3.05) is 20.3 Å². The zero-order valence-electron chi connectivity index (χ0n) is 13.8. The molecule has 0 radical (unpaired) electrons. The molecule has 0 unspecified atom stereocenters. The molecule has 2 aromatic rings. The number of fused-ring (bicyclic) bond motifs is 2. The number of rotatable bonds is 6. The number of nitrogens with zero attached hydrogens (tertiary/aromatic N) is 1. The molecule has 6 heteroatoms. The van der Waals surface area contributed by atoms with E-state index < -0.39 is 0 Å². The van der Waals surface area contributed by atoms with Crippen molar-refractivity contribution in [3.8, 4) is 0 Å². The summed E-state index contributed by atoms with van der Waals surface area (Å²) in [6, 6.07) is 8.09. The van der Waals surface area contributed by atoms with Gasteiger partial charge in [-0.3, -0.25) is 4.79 Å². The van der Waals surface area contributed by atoms with Crippen molar-refractivity contribution >= 4 is 16.9 Å². The van der Waals surface area contributed by atoms with E-state index in [1.54, 1.807) is 7.11 Å². The maximum absolute atomic E-state index is 12.3. The number of carbonyl (C=O) groups is 1. The number of hydrogen-bond acceptors (Lipinski definition) is 4. The molecule has 1 saturated carbocycles. The first-order chi connectivity index (χ1) is 11.8. The lowest BCUT2D eigenvalue weighted by atomic mass is 9.67. The van der Waals surface area contributed by atoms with Gasteiger partial charge in [-0.05, 0) is 18.6 Å². The second-order valence-electron chi connectivity index (χ2n) is 6.70. The zero-order valence-corrected chi connectivity index (χ0v) is 13.8. The number of aromatic amines is 1. The van der Waals surface area contributed by atoms with E-state index in [1.807, 2.05) is 24.3 Å². The number of benzene rings is 1. The number of carbonyl (C=O) groups excluding carboxylic acids is 1. The van der Waals surface area contributed by atoms with Crippen LogP contribution in [-0.4, -0.2) is 48.3 Å². The van der Waals surface area contributed by atoms with Crippen molar-refractivity contribution in [1.82, 2.24) is 15.3 Å². The van der Waals surface area contributed by atoms with Crippen LogP contribution in [0.3, 0.4) is 0 Å². The molecule has 6 nitrogen and oxygen atoms in total. The van der Waals surface area contributed by atoms with Crippen LogP contribution in [0.4, 0.5) is 0 Å². The van der Waals surface area contributed by atoms with E-state index in [4.69, 9.17) is 9.47 Å². The van der Waals surface area contributed by atoms with E-state index in [0.717, 1.165) is 29.9 Å². The van der Waals surface area contributed by atoms with Gasteiger partial charge in [0, 0.05) is 44.4 Å². The summed E-state index contributed by atoms with van der Waals surface area (Å²) < 4.78 is 11.0. The molecule has 0 bridgehead atoms. The molecule has 4 atom stereocenters. The van der Waals surface area contributed by atoms with Crippen molar-refractivity contribution in [2.45, 2.75) is 31.4 Å². The number of aryl methyl sites for hydroxylation is 1. The Morgan fingerprint density at radius 2 is 2.33 bits per heavy atom. The molecular weight excluding hydrogens is 306 g/mol. The van der Waals surface area contributed by atoms with E-state index in [0.29, 0.717) is 25.4 Å². The maximum Gasteiger partial charge on any atom is 0.220 e. The summed E-state index contributed by atoms with van der Waals surface area (Å²) >= 11 is 0. The van der Waals surface area contributed by atoms with Crippen LogP contribution in [0.1, 0.15) is 18.7 Å². The average Bonchev–Trinajstić information content (AvgIpc) is 3.19. The number of hydrogen-bond donors (Lipinski definition) is 2. The number of amides is 1. The molecule has 2 heterocycles. The zero-order chi connectivity index (χ0) is 16.5. The van der Waals surface area contributed by atoms with Gasteiger partial charge in [0.15, 0.2) is 0 Å². The van der Waals surface area contributed by atoms with Crippen LogP contribution >= 0.6 is 0 Å². The molecule has 128 valence electrons. The minimum absolute atomic E-state index is 0.0758. The third-order valence-electron chi connectivity index (χ3n) is 5.24. The Morgan fingerprint density at radius 1 is 1.46 bits per heavy atom. The fourth-order valence-electron chi connectivity index (χ4n) is 4.05. The van der Waals surface area contributed by atoms with Gasteiger partial charge in [0.05, 0.1) is 23.7 Å². The SMILES string of the molecule is COC[C@H]1[C@@H](NC(=O)CCc2nc3ccccc3[nH]2)[C@@H]2CCO[C@@H]21. The lowest BCUT2D eigenvalue weighted by molar-refractivity contribution is -0.129. The van der Waals surface area contributed by atoms with E-state index in [9.17, 15) is 4.79 Å². The smallest absolute Gasteiger partial charge is 0.220 e. The van der Waals surface area contributed by atoms with Gasteiger partial charge >= 0.3 is 0 Å². The Labute approximate surface area is 140 Å². The molecule has 0 spiro atoms. The Hall–Kier alpha value is -1.92. The number of nitrogens with one attached hydrogen (secondary N) is 2. The summed E-state index contributed by atoms with van der Waals surface area (Å²) in [5.41, 5.74) is 1.95. The Bertz CT molecular complexity index is 696. The normalized spacial score (nSPS) is 28.5. The summed E-state index contributed by atoms with van der Waals surface area (Å²) in [5, 5.41) is 3.19. The summed E-state index contributed by atoms with van der Waals surface area (Å²) in [4.78, 5) is 20.1. The number of aromatic nitrogens is 2. The highest BCUT2D eigenvalue weighted by atomic mass is 16.5. The number of para-hydroxylation sites is 2. The Balaban J connectivity index is 1.33. The van der Waals surface area contributed by atoms with Gasteiger partial charge in [-0.2, -0.15) is 0 Å². The van der Waals surface area contributed by atoms with Gasteiger partial charge in [-0.25, -0.2) is 4.98 Å². The molecule has 1 aliphatic carbocycles. The monoisotopic (exact) mass is 329 g/mol. The summed E-state index contributed by atoms with van der Waals surface area (Å²) in [6.07, 6.45) is 2.34. The predicted octanol–water partition coefficient (Wildman–Crippen LogP) is 1.66. The lowest BCUT2D eigenvalue weighted by Gasteiger charge is -2.47. The van der Waals surface area contributed by atoms with Crippen LogP contribution in [-0.2, 0) is 20.7 Å². The van der Waals surface area contributed by atoms with Crippen molar-refractivity contribution in [3.05, 3.63) is 30.1 Å². The molecule has 1 aromatic heterocycles.